The molecule has 0 N–H and O–H groups in total. The maximum Gasteiger partial charge on any atom is 0.282 e. The van der Waals surface area contributed by atoms with Gasteiger partial charge in [-0.15, -0.1) is 0 Å². The van der Waals surface area contributed by atoms with Crippen molar-refractivity contribution in [2.45, 2.75) is 0 Å². The number of hydrogen-bond acceptors (Lipinski definition) is 5. The summed E-state index contributed by atoms with van der Waals surface area (Å²) in [5.74, 6) is -0.825. The lowest BCUT2D eigenvalue weighted by molar-refractivity contribution is -0.120. The molecule has 0 radical (unpaired) electrons. The number of amides is 2. The van der Waals surface area contributed by atoms with Gasteiger partial charge in [0.1, 0.15) is 17.3 Å². The van der Waals surface area contributed by atoms with Crippen molar-refractivity contribution < 1.29 is 18.7 Å². The Morgan fingerprint density at radius 3 is 2.23 bits per heavy atom. The van der Waals surface area contributed by atoms with Crippen molar-refractivity contribution in [2.24, 2.45) is 0 Å². The number of carbonyl (C=O) groups excluding carboxylic acids is 2. The third kappa shape index (κ3) is 3.55. The van der Waals surface area contributed by atoms with E-state index in [1.807, 2.05) is 11.9 Å². The van der Waals surface area contributed by atoms with Gasteiger partial charge < -0.3 is 14.5 Å². The minimum Gasteiger partial charge on any atom is -0.495 e. The molecule has 2 aromatic rings. The molecule has 2 heterocycles. The molecule has 0 unspecified atom stereocenters. The van der Waals surface area contributed by atoms with Crippen LogP contribution in [0.5, 0.6) is 5.75 Å². The zero-order chi connectivity index (χ0) is 21.4. The van der Waals surface area contributed by atoms with Crippen molar-refractivity contribution >= 4 is 34.7 Å². The molecule has 156 valence electrons. The lowest BCUT2D eigenvalue weighted by Gasteiger charge is -2.34. The second-order valence-corrected chi connectivity index (χ2v) is 7.69. The van der Waals surface area contributed by atoms with Gasteiger partial charge >= 0.3 is 0 Å². The molecule has 2 aliphatic heterocycles. The van der Waals surface area contributed by atoms with Gasteiger partial charge in [0.15, 0.2) is 0 Å². The molecule has 0 aliphatic carbocycles. The SMILES string of the molecule is COc1ccc(N2C(=O)C(c3ccc(F)cc3)=C(N3CCN(C)CC3)C2=O)cc1Cl. The van der Waals surface area contributed by atoms with Gasteiger partial charge in [-0.1, -0.05) is 23.7 Å². The van der Waals surface area contributed by atoms with E-state index in [2.05, 4.69) is 4.90 Å². The smallest absolute Gasteiger partial charge is 0.282 e. The van der Waals surface area contributed by atoms with Gasteiger partial charge in [0.25, 0.3) is 11.8 Å². The number of halogens is 2. The van der Waals surface area contributed by atoms with Gasteiger partial charge in [0, 0.05) is 26.2 Å². The lowest BCUT2D eigenvalue weighted by Crippen LogP contribution is -2.46. The first-order chi connectivity index (χ1) is 14.4. The highest BCUT2D eigenvalue weighted by molar-refractivity contribution is 6.45. The van der Waals surface area contributed by atoms with Crippen molar-refractivity contribution in [1.82, 2.24) is 9.80 Å². The number of carbonyl (C=O) groups is 2. The van der Waals surface area contributed by atoms with E-state index in [0.717, 1.165) is 18.0 Å². The first kappa shape index (κ1) is 20.4. The van der Waals surface area contributed by atoms with Crippen LogP contribution in [0.4, 0.5) is 10.1 Å². The van der Waals surface area contributed by atoms with Crippen LogP contribution in [-0.4, -0.2) is 62.0 Å². The van der Waals surface area contributed by atoms with E-state index in [4.69, 9.17) is 16.3 Å². The molecule has 2 aliphatic rings. The average Bonchev–Trinajstić information content (AvgIpc) is 2.99. The number of anilines is 1. The molecular weight excluding hydrogens is 409 g/mol. The van der Waals surface area contributed by atoms with Crippen molar-refractivity contribution in [3.8, 4) is 5.75 Å². The van der Waals surface area contributed by atoms with Crippen LogP contribution < -0.4 is 9.64 Å². The van der Waals surface area contributed by atoms with E-state index in [0.29, 0.717) is 40.8 Å². The Kier molecular flexibility index (Phi) is 5.49. The Balaban J connectivity index is 1.79. The fourth-order valence-electron chi connectivity index (χ4n) is 3.75. The Labute approximate surface area is 179 Å². The molecule has 1 fully saturated rings. The van der Waals surface area contributed by atoms with Crippen LogP contribution in [0.2, 0.25) is 5.02 Å². The number of hydrogen-bond donors (Lipinski definition) is 0. The molecule has 0 bridgehead atoms. The normalized spacial score (nSPS) is 17.9. The maximum absolute atomic E-state index is 13.5. The standard InChI is InChI=1S/C22H21ClFN3O3/c1-25-9-11-26(12-10-25)20-19(14-3-5-15(24)6-4-14)21(28)27(22(20)29)16-7-8-18(30-2)17(23)13-16/h3-8,13H,9-12H2,1-2H3. The number of likely N-dealkylation sites (N-methyl/N-ethyl adjacent to an activating group) is 1. The summed E-state index contributed by atoms with van der Waals surface area (Å²) in [6.45, 7) is 2.78. The second kappa shape index (κ2) is 8.08. The fourth-order valence-corrected chi connectivity index (χ4v) is 4.00. The van der Waals surface area contributed by atoms with E-state index >= 15 is 0 Å². The number of methoxy groups -OCH3 is 1. The fraction of sp³-hybridized carbons (Fsp3) is 0.273. The molecule has 30 heavy (non-hydrogen) atoms. The largest absolute Gasteiger partial charge is 0.495 e. The van der Waals surface area contributed by atoms with Crippen molar-refractivity contribution in [3.05, 3.63) is 64.6 Å². The highest BCUT2D eigenvalue weighted by atomic mass is 35.5. The Bertz CT molecular complexity index is 1030. The highest BCUT2D eigenvalue weighted by Crippen LogP contribution is 2.37. The third-order valence-electron chi connectivity index (χ3n) is 5.41. The summed E-state index contributed by atoms with van der Waals surface area (Å²) in [6, 6.07) is 10.4. The van der Waals surface area contributed by atoms with Crippen LogP contribution in [0.25, 0.3) is 5.57 Å². The third-order valence-corrected chi connectivity index (χ3v) is 5.70. The molecule has 1 saturated heterocycles. The lowest BCUT2D eigenvalue weighted by atomic mass is 10.0. The molecule has 4 rings (SSSR count). The summed E-state index contributed by atoms with van der Waals surface area (Å²) in [7, 11) is 3.51. The van der Waals surface area contributed by atoms with Crippen LogP contribution in [-0.2, 0) is 9.59 Å². The van der Waals surface area contributed by atoms with E-state index in [9.17, 15) is 14.0 Å². The molecule has 8 heteroatoms. The molecule has 6 nitrogen and oxygen atoms in total. The topological polar surface area (TPSA) is 53.1 Å². The summed E-state index contributed by atoms with van der Waals surface area (Å²) in [5.41, 5.74) is 1.48. The van der Waals surface area contributed by atoms with E-state index in [1.165, 1.54) is 37.4 Å². The minimum absolute atomic E-state index is 0.275. The summed E-state index contributed by atoms with van der Waals surface area (Å²) in [4.78, 5) is 32.1. The number of benzene rings is 2. The summed E-state index contributed by atoms with van der Waals surface area (Å²) >= 11 is 6.23. The Morgan fingerprint density at radius 1 is 0.967 bits per heavy atom. The predicted octanol–water partition coefficient (Wildman–Crippen LogP) is 3.02. The quantitative estimate of drug-likeness (QED) is 0.699. The van der Waals surface area contributed by atoms with Crippen LogP contribution in [0.15, 0.2) is 48.2 Å². The average molecular weight is 430 g/mol. The Morgan fingerprint density at radius 2 is 1.63 bits per heavy atom. The van der Waals surface area contributed by atoms with E-state index < -0.39 is 17.6 Å². The van der Waals surface area contributed by atoms with Crippen LogP contribution >= 0.6 is 11.6 Å². The second-order valence-electron chi connectivity index (χ2n) is 7.29. The van der Waals surface area contributed by atoms with Gasteiger partial charge in [-0.05, 0) is 42.9 Å². The molecule has 0 saturated carbocycles. The number of ether oxygens (including phenoxy) is 1. The van der Waals surface area contributed by atoms with Crippen molar-refractivity contribution in [1.29, 1.82) is 0 Å². The molecule has 0 spiro atoms. The summed E-state index contributed by atoms with van der Waals surface area (Å²) < 4.78 is 18.6. The highest BCUT2D eigenvalue weighted by Gasteiger charge is 2.43. The van der Waals surface area contributed by atoms with Crippen molar-refractivity contribution in [3.63, 3.8) is 0 Å². The van der Waals surface area contributed by atoms with Gasteiger partial charge in [0.05, 0.1) is 23.4 Å². The molecule has 0 aromatic heterocycles. The molecule has 2 amide bonds. The number of nitrogens with zero attached hydrogens (tertiary/aromatic N) is 3. The van der Waals surface area contributed by atoms with Crippen LogP contribution in [0.3, 0.4) is 0 Å². The van der Waals surface area contributed by atoms with Crippen LogP contribution in [0, 0.1) is 5.82 Å². The maximum atomic E-state index is 13.5. The van der Waals surface area contributed by atoms with Gasteiger partial charge in [-0.3, -0.25) is 9.59 Å². The molecule has 2 aromatic carbocycles. The predicted molar refractivity (Wildman–Crippen MR) is 113 cm³/mol. The zero-order valence-electron chi connectivity index (χ0n) is 16.7. The van der Waals surface area contributed by atoms with E-state index in [1.54, 1.807) is 12.1 Å². The van der Waals surface area contributed by atoms with Gasteiger partial charge in [0.2, 0.25) is 0 Å². The van der Waals surface area contributed by atoms with Crippen LogP contribution in [0.1, 0.15) is 5.56 Å². The summed E-state index contributed by atoms with van der Waals surface area (Å²) in [5, 5.41) is 0.298. The van der Waals surface area contributed by atoms with E-state index in [-0.39, 0.29) is 5.57 Å². The minimum atomic E-state index is -0.457. The molecular formula is C22H21ClFN3O3. The first-order valence-corrected chi connectivity index (χ1v) is 9.94. The van der Waals surface area contributed by atoms with Gasteiger partial charge in [-0.25, -0.2) is 9.29 Å². The number of imide groups is 1. The Hall–Kier alpha value is -2.90. The molecule has 0 atom stereocenters. The van der Waals surface area contributed by atoms with Gasteiger partial charge in [-0.2, -0.15) is 0 Å². The van der Waals surface area contributed by atoms with Crippen molar-refractivity contribution in [2.75, 3.05) is 45.2 Å². The number of rotatable bonds is 4. The zero-order valence-corrected chi connectivity index (χ0v) is 17.4. The number of piperazine rings is 1. The monoisotopic (exact) mass is 429 g/mol. The first-order valence-electron chi connectivity index (χ1n) is 9.56. The summed E-state index contributed by atoms with van der Waals surface area (Å²) in [6.07, 6.45) is 0.